The molecule has 0 radical (unpaired) electrons. The Labute approximate surface area is 112 Å². The minimum absolute atomic E-state index is 0.184. The third-order valence-electron chi connectivity index (χ3n) is 4.30. The third kappa shape index (κ3) is 1.32. The van der Waals surface area contributed by atoms with E-state index in [1.54, 1.807) is 6.20 Å². The van der Waals surface area contributed by atoms with Gasteiger partial charge >= 0.3 is 0 Å². The van der Waals surface area contributed by atoms with E-state index in [0.717, 1.165) is 22.9 Å². The standard InChI is InChI=1S/C13H10F2N2OS/c14-8-1-7(2-9(15)3-8)13-4-10(13)11-5-17(18)12(19)16(11)6-13/h1-3,5,10,18H,4,6H2/t10-,13+/m0/s1. The molecule has 3 nitrogen and oxygen atoms in total. The van der Waals surface area contributed by atoms with Gasteiger partial charge in [0.05, 0.1) is 6.20 Å². The van der Waals surface area contributed by atoms with Crippen LogP contribution < -0.4 is 0 Å². The summed E-state index contributed by atoms with van der Waals surface area (Å²) in [5, 5.41) is 9.54. The van der Waals surface area contributed by atoms with Crippen molar-refractivity contribution in [2.24, 2.45) is 0 Å². The number of aromatic nitrogens is 2. The maximum atomic E-state index is 13.4. The van der Waals surface area contributed by atoms with Crippen LogP contribution in [0.4, 0.5) is 8.78 Å². The van der Waals surface area contributed by atoms with E-state index in [1.807, 2.05) is 4.57 Å². The van der Waals surface area contributed by atoms with Gasteiger partial charge in [0, 0.05) is 29.6 Å². The topological polar surface area (TPSA) is 30.1 Å². The molecule has 6 heteroatoms. The molecule has 1 saturated carbocycles. The predicted molar refractivity (Wildman–Crippen MR) is 65.8 cm³/mol. The fourth-order valence-corrected chi connectivity index (χ4v) is 3.55. The van der Waals surface area contributed by atoms with Gasteiger partial charge in [-0.1, -0.05) is 0 Å². The molecule has 0 unspecified atom stereocenters. The van der Waals surface area contributed by atoms with Crippen LogP contribution in [0.25, 0.3) is 0 Å². The minimum atomic E-state index is -0.553. The Balaban J connectivity index is 1.83. The lowest BCUT2D eigenvalue weighted by Crippen LogP contribution is -2.14. The van der Waals surface area contributed by atoms with Crippen molar-refractivity contribution in [2.45, 2.75) is 24.3 Å². The van der Waals surface area contributed by atoms with Gasteiger partial charge in [-0.05, 0) is 36.3 Å². The van der Waals surface area contributed by atoms with E-state index in [-0.39, 0.29) is 11.3 Å². The van der Waals surface area contributed by atoms with E-state index in [4.69, 9.17) is 12.2 Å². The summed E-state index contributed by atoms with van der Waals surface area (Å²) in [4.78, 5) is 0. The quantitative estimate of drug-likeness (QED) is 0.643. The van der Waals surface area contributed by atoms with Gasteiger partial charge in [0.25, 0.3) is 0 Å². The number of benzene rings is 1. The zero-order valence-electron chi connectivity index (χ0n) is 9.81. The second-order valence-electron chi connectivity index (χ2n) is 5.34. The molecule has 4 rings (SSSR count). The highest BCUT2D eigenvalue weighted by molar-refractivity contribution is 7.71. The molecule has 0 spiro atoms. The third-order valence-corrected chi connectivity index (χ3v) is 4.71. The fraction of sp³-hybridized carbons (Fsp3) is 0.308. The Kier molecular flexibility index (Phi) is 1.91. The average molecular weight is 280 g/mol. The summed E-state index contributed by atoms with van der Waals surface area (Å²) in [6.45, 7) is 0.572. The van der Waals surface area contributed by atoms with Gasteiger partial charge in [0.2, 0.25) is 4.77 Å². The smallest absolute Gasteiger partial charge is 0.214 e. The summed E-state index contributed by atoms with van der Waals surface area (Å²) in [6, 6.07) is 3.67. The van der Waals surface area contributed by atoms with Gasteiger partial charge in [-0.2, -0.15) is 4.73 Å². The molecule has 2 atom stereocenters. The van der Waals surface area contributed by atoms with Gasteiger partial charge in [-0.3, -0.25) is 0 Å². The van der Waals surface area contributed by atoms with Crippen molar-refractivity contribution in [3.05, 3.63) is 52.1 Å². The zero-order chi connectivity index (χ0) is 13.4. The molecule has 0 amide bonds. The number of hydrogen-bond donors (Lipinski definition) is 1. The first kappa shape index (κ1) is 11.2. The first-order chi connectivity index (χ1) is 9.01. The summed E-state index contributed by atoms with van der Waals surface area (Å²) in [5.74, 6) is -0.923. The van der Waals surface area contributed by atoms with Gasteiger partial charge in [0.15, 0.2) is 0 Å². The van der Waals surface area contributed by atoms with Gasteiger partial charge in [-0.25, -0.2) is 8.78 Å². The maximum absolute atomic E-state index is 13.4. The Morgan fingerprint density at radius 2 is 1.95 bits per heavy atom. The van der Waals surface area contributed by atoms with Crippen LogP contribution in [-0.2, 0) is 12.0 Å². The Bertz CT molecular complexity index is 746. The van der Waals surface area contributed by atoms with E-state index in [9.17, 15) is 14.0 Å². The molecule has 0 bridgehead atoms. The molecule has 1 aromatic carbocycles. The van der Waals surface area contributed by atoms with Crippen LogP contribution in [0.15, 0.2) is 24.4 Å². The largest absolute Gasteiger partial charge is 0.426 e. The fourth-order valence-electron chi connectivity index (χ4n) is 3.32. The summed E-state index contributed by atoms with van der Waals surface area (Å²) < 4.78 is 29.8. The molecule has 1 fully saturated rings. The van der Waals surface area contributed by atoms with Crippen LogP contribution in [0.1, 0.15) is 23.6 Å². The first-order valence-corrected chi connectivity index (χ1v) is 6.40. The summed E-state index contributed by atoms with van der Waals surface area (Å²) in [6.07, 6.45) is 2.44. The van der Waals surface area contributed by atoms with Crippen molar-refractivity contribution in [1.29, 1.82) is 0 Å². The number of imidazole rings is 1. The van der Waals surface area contributed by atoms with Crippen molar-refractivity contribution in [2.75, 3.05) is 0 Å². The van der Waals surface area contributed by atoms with Crippen LogP contribution >= 0.6 is 12.2 Å². The molecule has 2 aliphatic rings. The van der Waals surface area contributed by atoms with Crippen LogP contribution in [0, 0.1) is 16.4 Å². The van der Waals surface area contributed by atoms with E-state index < -0.39 is 11.6 Å². The Hall–Kier alpha value is -1.69. The number of fused-ring (bicyclic) bond motifs is 3. The number of halogens is 2. The van der Waals surface area contributed by atoms with Crippen molar-refractivity contribution in [3.8, 4) is 0 Å². The summed E-state index contributed by atoms with van der Waals surface area (Å²) >= 11 is 5.11. The highest BCUT2D eigenvalue weighted by Gasteiger charge is 2.62. The Morgan fingerprint density at radius 1 is 1.26 bits per heavy atom. The first-order valence-electron chi connectivity index (χ1n) is 5.99. The van der Waals surface area contributed by atoms with Crippen molar-refractivity contribution in [3.63, 3.8) is 0 Å². The molecular formula is C13H10F2N2OS. The molecule has 0 saturated heterocycles. The highest BCUT2D eigenvalue weighted by atomic mass is 32.1. The molecule has 98 valence electrons. The van der Waals surface area contributed by atoms with Crippen LogP contribution in [0.3, 0.4) is 0 Å². The van der Waals surface area contributed by atoms with Crippen LogP contribution in [-0.4, -0.2) is 14.5 Å². The van der Waals surface area contributed by atoms with Crippen molar-refractivity contribution in [1.82, 2.24) is 9.30 Å². The molecule has 2 aromatic rings. The zero-order valence-corrected chi connectivity index (χ0v) is 10.6. The van der Waals surface area contributed by atoms with Crippen molar-refractivity contribution >= 4 is 12.2 Å². The normalized spacial score (nSPS) is 27.2. The minimum Gasteiger partial charge on any atom is -0.426 e. The summed E-state index contributed by atoms with van der Waals surface area (Å²) in [5.41, 5.74) is 1.37. The second kappa shape index (κ2) is 3.25. The second-order valence-corrected chi connectivity index (χ2v) is 5.70. The molecule has 1 aromatic heterocycles. The van der Waals surface area contributed by atoms with Gasteiger partial charge in [0.1, 0.15) is 11.6 Å². The van der Waals surface area contributed by atoms with Crippen molar-refractivity contribution < 1.29 is 14.0 Å². The lowest BCUT2D eigenvalue weighted by atomic mass is 9.94. The van der Waals surface area contributed by atoms with Crippen LogP contribution in [0.2, 0.25) is 0 Å². The molecule has 2 heterocycles. The molecular weight excluding hydrogens is 270 g/mol. The summed E-state index contributed by atoms with van der Waals surface area (Å²) in [7, 11) is 0. The van der Waals surface area contributed by atoms with E-state index in [1.165, 1.54) is 12.1 Å². The van der Waals surface area contributed by atoms with Gasteiger partial charge < -0.3 is 9.77 Å². The number of rotatable bonds is 1. The molecule has 19 heavy (non-hydrogen) atoms. The maximum Gasteiger partial charge on any atom is 0.214 e. The monoisotopic (exact) mass is 280 g/mol. The molecule has 1 N–H and O–H groups in total. The lowest BCUT2D eigenvalue weighted by Gasteiger charge is -2.13. The van der Waals surface area contributed by atoms with Crippen LogP contribution in [0.5, 0.6) is 0 Å². The number of hydrogen-bond acceptors (Lipinski definition) is 2. The van der Waals surface area contributed by atoms with E-state index in [0.29, 0.717) is 16.9 Å². The Morgan fingerprint density at radius 3 is 2.58 bits per heavy atom. The van der Waals surface area contributed by atoms with E-state index >= 15 is 0 Å². The predicted octanol–water partition coefficient (Wildman–Crippen LogP) is 2.97. The lowest BCUT2D eigenvalue weighted by molar-refractivity contribution is 0.178. The number of nitrogens with zero attached hydrogens (tertiary/aromatic N) is 2. The molecule has 1 aliphatic carbocycles. The SMILES string of the molecule is On1cc2n(c1=S)C[C@@]1(c3cc(F)cc(F)c3)C[C@@H]21. The highest BCUT2D eigenvalue weighted by Crippen LogP contribution is 2.65. The van der Waals surface area contributed by atoms with E-state index in [2.05, 4.69) is 0 Å². The average Bonchev–Trinajstić information content (AvgIpc) is 2.90. The van der Waals surface area contributed by atoms with Gasteiger partial charge in [-0.15, -0.1) is 0 Å². The molecule has 1 aliphatic heterocycles.